The molecule has 25 rings (SSSR count). The Labute approximate surface area is 703 Å². The zero-order valence-corrected chi connectivity index (χ0v) is 66.8. The molecule has 0 radical (unpaired) electrons. The lowest BCUT2D eigenvalue weighted by atomic mass is 9.84. The Hall–Kier alpha value is -15.5. The second-order valence-electron chi connectivity index (χ2n) is 31.3. The molecule has 0 aliphatic heterocycles. The van der Waals surface area contributed by atoms with Crippen LogP contribution < -0.4 is 0 Å². The van der Waals surface area contributed by atoms with Gasteiger partial charge in [0.1, 0.15) is 22.3 Å². The third kappa shape index (κ3) is 12.1. The van der Waals surface area contributed by atoms with E-state index in [-0.39, 0.29) is 0 Å². The average molecular weight is 1560 g/mol. The van der Waals surface area contributed by atoms with Gasteiger partial charge in [-0.15, -0.1) is 11.3 Å². The van der Waals surface area contributed by atoms with Crippen molar-refractivity contribution in [1.29, 1.82) is 0 Å². The normalized spacial score (nSPS) is 11.6. The molecule has 0 aliphatic carbocycles. The largest absolute Gasteiger partial charge is 0.455 e. The van der Waals surface area contributed by atoms with Crippen LogP contribution in [0.5, 0.6) is 0 Å². The number of hydrogen-bond donors (Lipinski definition) is 0. The Bertz CT molecular complexity index is 8190. The first kappa shape index (κ1) is 70.9. The SMILES string of the molecule is c1ccc(-c2c3ccccc3c(-c3ccc(-c4ccccc4)c4oc5ccccc5c34)c3ccccc23)cc1.c1ccc(-c2c3ccccc3c(-c3cccc4oc5c(-c6ccccc6)cccc5c34)c3ccccc23)cc1.c1ccc2cc(-c3ccc(-c4c5ccccc5c(-c5cccc6sc7ccccc7c56)c5ccccc45)cc3)ccc2c1. The molecule has 0 saturated heterocycles. The number of para-hydroxylation sites is 2. The van der Waals surface area contributed by atoms with Crippen molar-refractivity contribution in [3.63, 3.8) is 0 Å². The molecule has 25 aromatic rings. The van der Waals surface area contributed by atoms with Crippen LogP contribution in [-0.4, -0.2) is 0 Å². The monoisotopic (exact) mass is 1550 g/mol. The topological polar surface area (TPSA) is 26.3 Å². The molecule has 0 bridgehead atoms. The summed E-state index contributed by atoms with van der Waals surface area (Å²) < 4.78 is 15.9. The first-order valence-electron chi connectivity index (χ1n) is 41.5. The summed E-state index contributed by atoms with van der Waals surface area (Å²) in [7, 11) is 0. The molecule has 0 atom stereocenters. The summed E-state index contributed by atoms with van der Waals surface area (Å²) in [6, 6.07) is 162. The van der Waals surface area contributed by atoms with Crippen molar-refractivity contribution in [2.45, 2.75) is 0 Å². The molecule has 3 heterocycles. The fraction of sp³-hybridized carbons (Fsp3) is 0. The van der Waals surface area contributed by atoms with Crippen LogP contribution in [0.15, 0.2) is 458 Å². The number of hydrogen-bond acceptors (Lipinski definition) is 3. The predicted molar refractivity (Wildman–Crippen MR) is 518 cm³/mol. The summed E-state index contributed by atoms with van der Waals surface area (Å²) in [5.41, 5.74) is 25.8. The average Bonchev–Trinajstić information content (AvgIpc) is 1.69. The molecule has 0 fully saturated rings. The van der Waals surface area contributed by atoms with Gasteiger partial charge < -0.3 is 8.83 Å². The minimum atomic E-state index is 0.908. The van der Waals surface area contributed by atoms with Crippen LogP contribution in [0.25, 0.3) is 240 Å². The maximum atomic E-state index is 6.62. The maximum Gasteiger partial charge on any atom is 0.143 e. The third-order valence-electron chi connectivity index (χ3n) is 24.6. The van der Waals surface area contributed by atoms with Gasteiger partial charge in [-0.2, -0.15) is 0 Å². The van der Waals surface area contributed by atoms with Crippen molar-refractivity contribution in [2.24, 2.45) is 0 Å². The van der Waals surface area contributed by atoms with Crippen LogP contribution in [0, 0.1) is 0 Å². The van der Waals surface area contributed by atoms with Crippen LogP contribution in [0.2, 0.25) is 0 Å². The molecule has 0 aliphatic rings. The van der Waals surface area contributed by atoms with Crippen molar-refractivity contribution < 1.29 is 8.83 Å². The van der Waals surface area contributed by atoms with Gasteiger partial charge in [-0.1, -0.05) is 413 Å². The van der Waals surface area contributed by atoms with E-state index in [4.69, 9.17) is 8.83 Å². The van der Waals surface area contributed by atoms with Gasteiger partial charge >= 0.3 is 0 Å². The number of furan rings is 2. The standard InChI is InChI=1S/C42H26S.2C38H24O/c1-2-11-30-26-31(25-22-27(30)10-1)28-20-23-29(24-21-28)40-32-12-3-5-14-34(32)41(35-15-6-4-13-33(35)40)37-17-9-19-39-42(37)36-16-7-8-18-38(36)43-39;1-3-13-25(14-4-1)27-21-11-23-33-37-32(22-12-24-34(37)39-38(27)33)36-30-19-9-7-17-28(30)35(26-15-5-2-6-16-26)29-18-8-10-20-31(29)36;1-3-13-25(14-4-1)27-23-24-33(37-32-21-11-12-22-34(32)39-38(27)37)36-30-19-9-7-17-28(30)35(26-15-5-2-6-16-26)29-18-8-10-20-31(29)36/h1-26H;2*1-24H. The van der Waals surface area contributed by atoms with Gasteiger partial charge in [0.2, 0.25) is 0 Å². The van der Waals surface area contributed by atoms with Crippen molar-refractivity contribution >= 4 is 151 Å². The number of fused-ring (bicyclic) bond motifs is 16. The number of rotatable bonds is 9. The molecule has 121 heavy (non-hydrogen) atoms. The van der Waals surface area contributed by atoms with E-state index in [9.17, 15) is 0 Å². The number of benzene rings is 22. The minimum Gasteiger partial charge on any atom is -0.455 e. The maximum absolute atomic E-state index is 6.62. The van der Waals surface area contributed by atoms with Crippen LogP contribution in [0.1, 0.15) is 0 Å². The summed E-state index contributed by atoms with van der Waals surface area (Å²) in [6.45, 7) is 0. The number of thiophene rings is 1. The molecule has 3 aromatic heterocycles. The van der Waals surface area contributed by atoms with E-state index in [0.717, 1.165) is 66.1 Å². The Balaban J connectivity index is 0.000000106. The van der Waals surface area contributed by atoms with Gasteiger partial charge in [0.15, 0.2) is 0 Å². The fourth-order valence-electron chi connectivity index (χ4n) is 19.4. The molecule has 0 unspecified atom stereocenters. The summed E-state index contributed by atoms with van der Waals surface area (Å²) in [5, 5.41) is 25.0. The zero-order chi connectivity index (χ0) is 79.9. The lowest BCUT2D eigenvalue weighted by molar-refractivity contribution is 0.669. The van der Waals surface area contributed by atoms with Gasteiger partial charge in [-0.05, 0) is 201 Å². The molecule has 564 valence electrons. The van der Waals surface area contributed by atoms with E-state index >= 15 is 0 Å². The smallest absolute Gasteiger partial charge is 0.143 e. The zero-order valence-electron chi connectivity index (χ0n) is 65.9. The highest BCUT2D eigenvalue weighted by atomic mass is 32.1. The van der Waals surface area contributed by atoms with E-state index in [2.05, 4.69) is 443 Å². The highest BCUT2D eigenvalue weighted by molar-refractivity contribution is 7.26. The third-order valence-corrected chi connectivity index (χ3v) is 25.7. The minimum absolute atomic E-state index is 0.908. The van der Waals surface area contributed by atoms with E-state index in [1.807, 2.05) is 17.4 Å². The Morgan fingerprint density at radius 1 is 0.149 bits per heavy atom. The second-order valence-corrected chi connectivity index (χ2v) is 32.4. The van der Waals surface area contributed by atoms with Gasteiger partial charge in [0.25, 0.3) is 0 Å². The molecule has 0 amide bonds. The van der Waals surface area contributed by atoms with Crippen LogP contribution in [-0.2, 0) is 0 Å². The summed E-state index contributed by atoms with van der Waals surface area (Å²) >= 11 is 1.88. The molecule has 0 saturated carbocycles. The molecule has 3 heteroatoms. The van der Waals surface area contributed by atoms with Crippen LogP contribution in [0.3, 0.4) is 0 Å². The summed E-state index contributed by atoms with van der Waals surface area (Å²) in [6.07, 6.45) is 0. The Kier molecular flexibility index (Phi) is 17.5. The lowest BCUT2D eigenvalue weighted by Crippen LogP contribution is -1.91. The van der Waals surface area contributed by atoms with E-state index in [0.29, 0.717) is 0 Å². The van der Waals surface area contributed by atoms with Crippen molar-refractivity contribution in [1.82, 2.24) is 0 Å². The van der Waals surface area contributed by atoms with Crippen LogP contribution >= 0.6 is 11.3 Å². The second kappa shape index (κ2) is 29.9. The van der Waals surface area contributed by atoms with E-state index in [1.165, 1.54) is 173 Å². The Morgan fingerprint density at radius 2 is 0.463 bits per heavy atom. The molecule has 22 aromatic carbocycles. The van der Waals surface area contributed by atoms with Gasteiger partial charge in [-0.3, -0.25) is 0 Å². The van der Waals surface area contributed by atoms with Gasteiger partial charge in [0.05, 0.1) is 0 Å². The lowest BCUT2D eigenvalue weighted by Gasteiger charge is -2.18. The summed E-state index contributed by atoms with van der Waals surface area (Å²) in [4.78, 5) is 0. The van der Waals surface area contributed by atoms with Crippen LogP contribution in [0.4, 0.5) is 0 Å². The molecule has 2 nitrogen and oxygen atoms in total. The van der Waals surface area contributed by atoms with Crippen molar-refractivity contribution in [2.75, 3.05) is 0 Å². The molecular weight excluding hydrogens is 1480 g/mol. The molecular formula is C118H74O2S. The van der Waals surface area contributed by atoms with Crippen molar-refractivity contribution in [3.05, 3.63) is 449 Å². The van der Waals surface area contributed by atoms with Gasteiger partial charge in [-0.25, -0.2) is 0 Å². The highest BCUT2D eigenvalue weighted by Gasteiger charge is 2.26. The first-order chi connectivity index (χ1) is 60.1. The van der Waals surface area contributed by atoms with E-state index in [1.54, 1.807) is 0 Å². The Morgan fingerprint density at radius 3 is 0.967 bits per heavy atom. The predicted octanol–water partition coefficient (Wildman–Crippen LogP) is 34.3. The summed E-state index contributed by atoms with van der Waals surface area (Å²) in [5.74, 6) is 0. The van der Waals surface area contributed by atoms with Crippen molar-refractivity contribution in [3.8, 4) is 100 Å². The quantitative estimate of drug-likeness (QED) is 0.135. The molecule has 0 spiro atoms. The van der Waals surface area contributed by atoms with Gasteiger partial charge in [0, 0.05) is 52.8 Å². The highest BCUT2D eigenvalue weighted by Crippen LogP contribution is 2.53. The fourth-order valence-corrected chi connectivity index (χ4v) is 20.5. The van der Waals surface area contributed by atoms with E-state index < -0.39 is 0 Å². The molecule has 0 N–H and O–H groups in total. The first-order valence-corrected chi connectivity index (χ1v) is 42.3.